The highest BCUT2D eigenvalue weighted by Gasteiger charge is 2.17. The Bertz CT molecular complexity index is 785. The summed E-state index contributed by atoms with van der Waals surface area (Å²) < 4.78 is 0. The number of para-hydroxylation sites is 1. The van der Waals surface area contributed by atoms with Crippen molar-refractivity contribution in [3.05, 3.63) is 53.6 Å². The first-order valence-corrected chi connectivity index (χ1v) is 9.38. The fraction of sp³-hybridized carbons (Fsp3) is 0.381. The fourth-order valence-corrected chi connectivity index (χ4v) is 2.19. The Hall–Kier alpha value is -3.13. The van der Waals surface area contributed by atoms with Crippen molar-refractivity contribution in [1.82, 2.24) is 14.9 Å². The number of hydrazone groups is 1. The van der Waals surface area contributed by atoms with Crippen molar-refractivity contribution in [3.63, 3.8) is 0 Å². The van der Waals surface area contributed by atoms with E-state index in [0.717, 1.165) is 29.6 Å². The molecule has 8 nitrogen and oxygen atoms in total. The van der Waals surface area contributed by atoms with E-state index in [4.69, 9.17) is 5.41 Å². The Morgan fingerprint density at radius 2 is 2.00 bits per heavy atom. The van der Waals surface area contributed by atoms with Gasteiger partial charge in [-0.2, -0.15) is 5.10 Å². The van der Waals surface area contributed by atoms with Crippen LogP contribution < -0.4 is 5.43 Å². The molecule has 29 heavy (non-hydrogen) atoms. The number of hydrogen-bond donors (Lipinski definition) is 3. The van der Waals surface area contributed by atoms with Gasteiger partial charge in [-0.05, 0) is 39.3 Å². The van der Waals surface area contributed by atoms with Gasteiger partial charge in [-0.25, -0.2) is 0 Å². The second kappa shape index (κ2) is 12.4. The molecule has 0 saturated heterocycles. The molecule has 0 saturated carbocycles. The van der Waals surface area contributed by atoms with Gasteiger partial charge in [-0.3, -0.25) is 20.2 Å². The molecule has 2 aromatic rings. The molecule has 2 rings (SSSR count). The average Bonchev–Trinajstić information content (AvgIpc) is 2.70. The second-order valence-corrected chi connectivity index (χ2v) is 6.81. The highest BCUT2D eigenvalue weighted by molar-refractivity contribution is 6.14. The predicted molar refractivity (Wildman–Crippen MR) is 116 cm³/mol. The average molecular weight is 399 g/mol. The third-order valence-electron chi connectivity index (χ3n) is 4.02. The maximum absolute atomic E-state index is 10.6. The van der Waals surface area contributed by atoms with Gasteiger partial charge in [0.15, 0.2) is 0 Å². The summed E-state index contributed by atoms with van der Waals surface area (Å²) >= 11 is 0. The Morgan fingerprint density at radius 1 is 1.28 bits per heavy atom. The van der Waals surface area contributed by atoms with Crippen molar-refractivity contribution in [1.29, 1.82) is 5.41 Å². The van der Waals surface area contributed by atoms with E-state index in [2.05, 4.69) is 20.5 Å². The summed E-state index contributed by atoms with van der Waals surface area (Å²) in [6.45, 7) is 8.60. The fourth-order valence-electron chi connectivity index (χ4n) is 2.19. The minimum atomic E-state index is -0.968. The Balaban J connectivity index is 0.000000308. The summed E-state index contributed by atoms with van der Waals surface area (Å²) in [5.41, 5.74) is 5.33. The van der Waals surface area contributed by atoms with Crippen LogP contribution in [0.15, 0.2) is 41.8 Å². The molecule has 0 spiro atoms. The zero-order valence-electron chi connectivity index (χ0n) is 17.5. The van der Waals surface area contributed by atoms with Crippen LogP contribution in [0.5, 0.6) is 0 Å². The molecular weight excluding hydrogens is 368 g/mol. The van der Waals surface area contributed by atoms with Crippen LogP contribution >= 0.6 is 0 Å². The lowest BCUT2D eigenvalue weighted by Gasteiger charge is -2.16. The van der Waals surface area contributed by atoms with Crippen LogP contribution in [0.4, 0.5) is 5.69 Å². The first-order chi connectivity index (χ1) is 13.8. The van der Waals surface area contributed by atoms with Crippen molar-refractivity contribution < 1.29 is 9.90 Å². The van der Waals surface area contributed by atoms with E-state index in [9.17, 15) is 9.90 Å². The van der Waals surface area contributed by atoms with Gasteiger partial charge in [0.05, 0.1) is 29.5 Å². The monoisotopic (exact) mass is 398 g/mol. The second-order valence-electron chi connectivity index (χ2n) is 6.81. The van der Waals surface area contributed by atoms with Crippen LogP contribution in [0.25, 0.3) is 0 Å². The quantitative estimate of drug-likeness (QED) is 0.341. The molecule has 0 atom stereocenters. The third kappa shape index (κ3) is 9.07. The van der Waals surface area contributed by atoms with Crippen LogP contribution in [0.1, 0.15) is 37.7 Å². The van der Waals surface area contributed by atoms with Crippen LogP contribution in [-0.2, 0) is 16.8 Å². The Morgan fingerprint density at radius 3 is 2.52 bits per heavy atom. The van der Waals surface area contributed by atoms with Gasteiger partial charge < -0.3 is 15.4 Å². The number of aryl methyl sites for hydroxylation is 1. The maximum atomic E-state index is 10.6. The van der Waals surface area contributed by atoms with Crippen LogP contribution in [0, 0.1) is 12.3 Å². The maximum Gasteiger partial charge on any atom is 0.209 e. The van der Waals surface area contributed by atoms with E-state index in [1.54, 1.807) is 31.1 Å². The molecule has 1 amide bonds. The lowest BCUT2D eigenvalue weighted by atomic mass is 10.1. The van der Waals surface area contributed by atoms with Crippen LogP contribution in [0.3, 0.4) is 0 Å². The first-order valence-electron chi connectivity index (χ1n) is 9.38. The number of likely N-dealkylation sites (N-methyl/N-ethyl adjacent to an activating group) is 1. The number of nitrogens with one attached hydrogen (secondary N) is 2. The topological polar surface area (TPSA) is 115 Å². The Labute approximate surface area is 172 Å². The largest absolute Gasteiger partial charge is 0.384 e. The minimum absolute atomic E-state index is 0.545. The molecule has 0 aliphatic carbocycles. The van der Waals surface area contributed by atoms with Crippen molar-refractivity contribution in [2.24, 2.45) is 5.10 Å². The van der Waals surface area contributed by atoms with Crippen molar-refractivity contribution >= 4 is 24.5 Å². The molecule has 8 heteroatoms. The Kier molecular flexibility index (Phi) is 10.2. The summed E-state index contributed by atoms with van der Waals surface area (Å²) in [4.78, 5) is 20.7. The number of hydrogen-bond acceptors (Lipinski definition) is 7. The van der Waals surface area contributed by atoms with Gasteiger partial charge >= 0.3 is 0 Å². The number of rotatable bonds is 9. The van der Waals surface area contributed by atoms with Crippen molar-refractivity contribution in [3.8, 4) is 0 Å². The number of benzene rings is 1. The van der Waals surface area contributed by atoms with Crippen molar-refractivity contribution in [2.75, 3.05) is 18.5 Å². The molecular formula is C21H30N6O2. The van der Waals surface area contributed by atoms with E-state index in [-0.39, 0.29) is 0 Å². The molecule has 0 radical (unpaired) electrons. The summed E-state index contributed by atoms with van der Waals surface area (Å²) in [5.74, 6) is 0. The molecule has 0 unspecified atom stereocenters. The first kappa shape index (κ1) is 23.9. The predicted octanol–water partition coefficient (Wildman–Crippen LogP) is 2.77. The minimum Gasteiger partial charge on any atom is -0.384 e. The van der Waals surface area contributed by atoms with E-state index in [0.29, 0.717) is 25.2 Å². The highest BCUT2D eigenvalue weighted by atomic mass is 16.3. The van der Waals surface area contributed by atoms with E-state index in [1.807, 2.05) is 38.1 Å². The number of amides is 1. The zero-order valence-corrected chi connectivity index (χ0v) is 17.5. The number of aliphatic hydroxyl groups is 1. The number of nitrogens with zero attached hydrogens (tertiary/aromatic N) is 4. The molecule has 156 valence electrons. The normalized spacial score (nSPS) is 10.8. The number of carbonyl (C=O) groups excluding carboxylic acids is 1. The number of carbonyl (C=O) groups is 1. The molecule has 0 aliphatic rings. The summed E-state index contributed by atoms with van der Waals surface area (Å²) in [6, 6.07) is 7.86. The lowest BCUT2D eigenvalue weighted by Crippen LogP contribution is -2.24. The van der Waals surface area contributed by atoms with E-state index >= 15 is 0 Å². The molecule has 0 fully saturated rings. The van der Waals surface area contributed by atoms with E-state index < -0.39 is 5.60 Å². The van der Waals surface area contributed by atoms with Gasteiger partial charge in [0.1, 0.15) is 5.60 Å². The summed E-state index contributed by atoms with van der Waals surface area (Å²) in [6.07, 6.45) is 7.25. The smallest absolute Gasteiger partial charge is 0.209 e. The zero-order chi connectivity index (χ0) is 21.7. The van der Waals surface area contributed by atoms with Gasteiger partial charge in [-0.1, -0.05) is 18.2 Å². The molecule has 1 aromatic carbocycles. The molecule has 0 aliphatic heterocycles. The van der Waals surface area contributed by atoms with Crippen LogP contribution in [-0.4, -0.2) is 51.9 Å². The highest BCUT2D eigenvalue weighted by Crippen LogP contribution is 2.15. The van der Waals surface area contributed by atoms with Crippen molar-refractivity contribution in [2.45, 2.75) is 39.7 Å². The summed E-state index contributed by atoms with van der Waals surface area (Å²) in [5, 5.41) is 20.2. The standard InChI is InChI=1S/C12H19N3O2.C9H11N3/c1-4-15(9-16)6-5-10-7-14-11(8-13-10)12(2,3)17;1-8-4-2-3-5-9(8)12-11-7-6-10/h7-9,17H,4-6H2,1-3H3;2-7,10,12H,1H3/b;10-6?,11-7-. The SMILES string of the molecule is CCN(C=O)CCc1cnc(C(C)(C)O)cn1.Cc1ccccc1N/N=C\C=N. The molecule has 3 N–H and O–H groups in total. The van der Waals surface area contributed by atoms with Gasteiger partial charge in [0, 0.05) is 31.9 Å². The molecule has 0 bridgehead atoms. The van der Waals surface area contributed by atoms with E-state index in [1.165, 1.54) is 6.21 Å². The van der Waals surface area contributed by atoms with Gasteiger partial charge in [-0.15, -0.1) is 0 Å². The lowest BCUT2D eigenvalue weighted by molar-refractivity contribution is -0.117. The van der Waals surface area contributed by atoms with Gasteiger partial charge in [0.25, 0.3) is 0 Å². The van der Waals surface area contributed by atoms with Gasteiger partial charge in [0.2, 0.25) is 6.41 Å². The number of aromatic nitrogens is 2. The molecule has 1 aromatic heterocycles. The van der Waals surface area contributed by atoms with Crippen LogP contribution in [0.2, 0.25) is 0 Å². The number of anilines is 1. The third-order valence-corrected chi connectivity index (χ3v) is 4.02. The summed E-state index contributed by atoms with van der Waals surface area (Å²) in [7, 11) is 0. The molecule has 1 heterocycles.